The van der Waals surface area contributed by atoms with Gasteiger partial charge in [0.1, 0.15) is 9.67 Å². The van der Waals surface area contributed by atoms with Crippen LogP contribution in [0.4, 0.5) is 0 Å². The van der Waals surface area contributed by atoms with E-state index in [0.29, 0.717) is 0 Å². The van der Waals surface area contributed by atoms with Crippen molar-refractivity contribution in [1.29, 1.82) is 0 Å². The quantitative estimate of drug-likeness (QED) is 0.657. The van der Waals surface area contributed by atoms with Crippen molar-refractivity contribution in [2.75, 3.05) is 0 Å². The average molecular weight is 379 g/mol. The minimum atomic E-state index is -1.46. The molecule has 0 heterocycles. The Balaban J connectivity index is -0.0000000182. The third-order valence-corrected chi connectivity index (χ3v) is 1.07. The van der Waals surface area contributed by atoms with Crippen LogP contribution in [0.1, 0.15) is 0 Å². The van der Waals surface area contributed by atoms with Gasteiger partial charge in [-0.1, -0.05) is 46.4 Å². The van der Waals surface area contributed by atoms with Crippen LogP contribution in [0.2, 0.25) is 0 Å². The summed E-state index contributed by atoms with van der Waals surface area (Å²) in [6.07, 6.45) is 0. The maximum Gasteiger partial charge on any atom is 3.00 e. The first kappa shape index (κ1) is 43.2. The van der Waals surface area contributed by atoms with E-state index in [4.69, 9.17) is 46.4 Å². The Kier molecular flexibility index (Phi) is 64.4. The molecule has 0 atom stereocenters. The average Bonchev–Trinajstić information content (AvgIpc) is 1.88. The molecule has 0 saturated carbocycles. The van der Waals surface area contributed by atoms with Crippen molar-refractivity contribution in [1.82, 2.24) is 0 Å². The summed E-state index contributed by atoms with van der Waals surface area (Å²) < 4.78 is 0. The molecular formula is C4H10Cl4CoN4O4-3. The first-order valence-electron chi connectivity index (χ1n) is 2.27. The van der Waals surface area contributed by atoms with Gasteiger partial charge in [0.15, 0.2) is 0 Å². The third-order valence-electron chi connectivity index (χ3n) is 0.356. The maximum absolute atomic E-state index is 9.32. The van der Waals surface area contributed by atoms with Crippen molar-refractivity contribution in [3.8, 4) is 0 Å². The predicted molar refractivity (Wildman–Crippen MR) is 62.1 cm³/mol. The number of hydrogen-bond acceptors (Lipinski definition) is 4. The molecule has 8 N–H and O–H groups in total. The molecule has 0 unspecified atom stereocenters. The molecular weight excluding hydrogens is 369 g/mol. The summed E-state index contributed by atoms with van der Waals surface area (Å²) in [5.74, 6) is -2.92. The number of alkyl halides is 4. The summed E-state index contributed by atoms with van der Waals surface area (Å²) in [4.78, 5) is 15.9. The van der Waals surface area contributed by atoms with Gasteiger partial charge in [-0.3, -0.25) is 0 Å². The Morgan fingerprint density at radius 2 is 0.765 bits per heavy atom. The van der Waals surface area contributed by atoms with Crippen molar-refractivity contribution in [2.24, 2.45) is 0 Å². The van der Waals surface area contributed by atoms with Gasteiger partial charge in [-0.25, -0.2) is 0 Å². The zero-order chi connectivity index (χ0) is 10.3. The second-order valence-electron chi connectivity index (χ2n) is 1.24. The molecule has 17 heavy (non-hydrogen) atoms. The van der Waals surface area contributed by atoms with Crippen LogP contribution in [-0.4, -0.2) is 21.6 Å². The van der Waals surface area contributed by atoms with Gasteiger partial charge in [-0.15, -0.1) is 0 Å². The van der Waals surface area contributed by atoms with E-state index >= 15 is 0 Å². The molecule has 13 heteroatoms. The minimum Gasteiger partial charge on any atom is -0.693 e. The van der Waals surface area contributed by atoms with Crippen LogP contribution >= 0.6 is 46.4 Å². The number of carboxylic acids is 2. The molecule has 0 radical (unpaired) electrons. The number of halogens is 4. The molecule has 0 amide bonds. The van der Waals surface area contributed by atoms with E-state index in [2.05, 4.69) is 0 Å². The Morgan fingerprint density at radius 3 is 0.765 bits per heavy atom. The van der Waals surface area contributed by atoms with E-state index in [-0.39, 0.29) is 41.4 Å². The molecule has 0 aliphatic carbocycles. The summed E-state index contributed by atoms with van der Waals surface area (Å²) in [6, 6.07) is 0. The van der Waals surface area contributed by atoms with Crippen molar-refractivity contribution in [3.63, 3.8) is 0 Å². The Hall–Kier alpha value is 0.446. The summed E-state index contributed by atoms with van der Waals surface area (Å²) in [6.45, 7) is 0. The van der Waals surface area contributed by atoms with E-state index in [0.717, 1.165) is 0 Å². The van der Waals surface area contributed by atoms with Gasteiger partial charge in [-0.05, 0) is 0 Å². The van der Waals surface area contributed by atoms with Crippen LogP contribution in [0.5, 0.6) is 0 Å². The molecule has 110 valence electrons. The molecule has 0 saturated heterocycles. The SMILES string of the molecule is O=C([O-])C(Cl)Cl.O=C([O-])C(Cl)Cl.[Co+3].[NH2-].[NH2-].[NH2-].[NH2-]. The number of aliphatic carboxylic acids is 2. The smallest absolute Gasteiger partial charge is 0.693 e. The van der Waals surface area contributed by atoms with E-state index in [1.165, 1.54) is 0 Å². The Morgan fingerprint density at radius 1 is 0.706 bits per heavy atom. The number of rotatable bonds is 2. The maximum atomic E-state index is 9.32. The third kappa shape index (κ3) is 48.1. The summed E-state index contributed by atoms with van der Waals surface area (Å²) in [5.41, 5.74) is 0. The number of hydrogen-bond donors (Lipinski definition) is 0. The summed E-state index contributed by atoms with van der Waals surface area (Å²) in [5, 5.41) is 18.6. The molecule has 0 aromatic rings. The van der Waals surface area contributed by atoms with Crippen LogP contribution in [0, 0.1) is 0 Å². The molecule has 0 aliphatic rings. The topological polar surface area (TPSA) is 214 Å². The van der Waals surface area contributed by atoms with Crippen LogP contribution in [-0.2, 0) is 26.4 Å². The van der Waals surface area contributed by atoms with Gasteiger partial charge in [0.25, 0.3) is 0 Å². The van der Waals surface area contributed by atoms with Crippen molar-refractivity contribution >= 4 is 58.3 Å². The fraction of sp³-hybridized carbons (Fsp3) is 0.500. The van der Waals surface area contributed by atoms with Crippen molar-refractivity contribution in [2.45, 2.75) is 9.67 Å². The zero-order valence-corrected chi connectivity index (χ0v) is 12.0. The molecule has 0 aromatic carbocycles. The molecule has 0 rings (SSSR count). The fourth-order valence-corrected chi connectivity index (χ4v) is 0. The van der Waals surface area contributed by atoms with Gasteiger partial charge >= 0.3 is 16.8 Å². The Bertz CT molecular complexity index is 158. The van der Waals surface area contributed by atoms with Gasteiger partial charge in [-0.2, -0.15) is 0 Å². The Labute approximate surface area is 129 Å². The molecule has 0 spiro atoms. The van der Waals surface area contributed by atoms with E-state index < -0.39 is 21.6 Å². The normalized spacial score (nSPS) is 6.47. The number of carbonyl (C=O) groups is 2. The molecule has 0 fully saturated rings. The molecule has 8 nitrogen and oxygen atoms in total. The van der Waals surface area contributed by atoms with E-state index in [1.54, 1.807) is 0 Å². The van der Waals surface area contributed by atoms with Crippen LogP contribution in [0.15, 0.2) is 0 Å². The van der Waals surface area contributed by atoms with Crippen molar-refractivity contribution in [3.05, 3.63) is 24.6 Å². The van der Waals surface area contributed by atoms with E-state index in [9.17, 15) is 19.8 Å². The van der Waals surface area contributed by atoms with Gasteiger partial charge in [0.2, 0.25) is 0 Å². The molecule has 0 aliphatic heterocycles. The van der Waals surface area contributed by atoms with Gasteiger partial charge < -0.3 is 44.4 Å². The minimum absolute atomic E-state index is 0. The van der Waals surface area contributed by atoms with Gasteiger partial charge in [0, 0.05) is 0 Å². The second kappa shape index (κ2) is 25.3. The van der Waals surface area contributed by atoms with Crippen LogP contribution < -0.4 is 10.2 Å². The van der Waals surface area contributed by atoms with Crippen molar-refractivity contribution < 1.29 is 36.6 Å². The first-order chi connectivity index (χ1) is 5.29. The fourth-order valence-electron chi connectivity index (χ4n) is 0. The predicted octanol–water partition coefficient (Wildman–Crippen LogP) is 1.95. The first-order valence-corrected chi connectivity index (χ1v) is 4.01. The largest absolute Gasteiger partial charge is 3.00 e. The number of nitrogens with two attached hydrogens (primary N) is 4. The van der Waals surface area contributed by atoms with Gasteiger partial charge in [0.05, 0.1) is 11.9 Å². The number of carbonyl (C=O) groups excluding carboxylic acids is 2. The van der Waals surface area contributed by atoms with E-state index in [1.807, 2.05) is 0 Å². The summed E-state index contributed by atoms with van der Waals surface area (Å²) in [7, 11) is 0. The standard InChI is InChI=1S/2C2H2Cl2O2.Co.4H2N/c2*3-1(4)2(5)6;;;;;/h2*1H,(H,5,6);;4*1H2/q;;+3;4*-1/p-2. The van der Waals surface area contributed by atoms with Crippen LogP contribution in [0.25, 0.3) is 24.6 Å². The molecule has 0 bridgehead atoms. The second-order valence-corrected chi connectivity index (χ2v) is 3.43. The van der Waals surface area contributed by atoms with Crippen LogP contribution in [0.3, 0.4) is 0 Å². The monoisotopic (exact) mass is 377 g/mol. The molecule has 0 aromatic heterocycles. The zero-order valence-electron chi connectivity index (χ0n) is 7.94. The number of carboxylic acid groups (broad SMARTS) is 2. The summed E-state index contributed by atoms with van der Waals surface area (Å²) >= 11 is 18.9.